The van der Waals surface area contributed by atoms with E-state index in [2.05, 4.69) is 39.4 Å². The highest BCUT2D eigenvalue weighted by Crippen LogP contribution is 2.21. The predicted molar refractivity (Wildman–Crippen MR) is 106 cm³/mol. The Morgan fingerprint density at radius 2 is 2.28 bits per heavy atom. The minimum atomic E-state index is -0.0571. The van der Waals surface area contributed by atoms with Crippen LogP contribution in [0.15, 0.2) is 23.2 Å². The molecule has 1 aromatic rings. The van der Waals surface area contributed by atoms with Gasteiger partial charge >= 0.3 is 0 Å². The highest BCUT2D eigenvalue weighted by molar-refractivity contribution is 8.00. The van der Waals surface area contributed by atoms with Crippen molar-refractivity contribution in [3.8, 4) is 0 Å². The number of nitrogens with one attached hydrogen (secondary N) is 2. The van der Waals surface area contributed by atoms with E-state index in [1.807, 2.05) is 30.8 Å². The molecule has 2 N–H and O–H groups in total. The number of pyridine rings is 1. The van der Waals surface area contributed by atoms with Crippen molar-refractivity contribution in [2.45, 2.75) is 38.9 Å². The first kappa shape index (κ1) is 19.6. The van der Waals surface area contributed by atoms with Crippen LogP contribution in [0.25, 0.3) is 0 Å². The van der Waals surface area contributed by atoms with Gasteiger partial charge in [-0.05, 0) is 32.4 Å². The number of guanidine groups is 1. The molecular weight excluding hydrogens is 334 g/mol. The van der Waals surface area contributed by atoms with E-state index in [0.717, 1.165) is 37.0 Å². The summed E-state index contributed by atoms with van der Waals surface area (Å²) in [7, 11) is 0. The fraction of sp³-hybridized carbons (Fsp3) is 0.611. The second-order valence-corrected chi connectivity index (χ2v) is 7.45. The van der Waals surface area contributed by atoms with Crippen molar-refractivity contribution in [2.24, 2.45) is 4.99 Å². The number of thioether (sulfide) groups is 1. The average Bonchev–Trinajstić information content (AvgIpc) is 2.61. The third-order valence-corrected chi connectivity index (χ3v) is 5.36. The van der Waals surface area contributed by atoms with E-state index in [1.165, 1.54) is 6.42 Å². The number of aryl methyl sites for hydroxylation is 1. The van der Waals surface area contributed by atoms with Gasteiger partial charge in [-0.15, -0.1) is 0 Å². The monoisotopic (exact) mass is 363 g/mol. The number of aromatic nitrogens is 1. The van der Waals surface area contributed by atoms with Crippen LogP contribution in [0.4, 0.5) is 5.82 Å². The van der Waals surface area contributed by atoms with E-state index in [0.29, 0.717) is 24.0 Å². The van der Waals surface area contributed by atoms with Gasteiger partial charge in [-0.25, -0.2) is 4.98 Å². The van der Waals surface area contributed by atoms with Gasteiger partial charge in [0, 0.05) is 42.8 Å². The van der Waals surface area contributed by atoms with Crippen LogP contribution in [-0.4, -0.2) is 58.9 Å². The molecule has 0 aromatic carbocycles. The maximum Gasteiger partial charge on any atom is 0.227 e. The summed E-state index contributed by atoms with van der Waals surface area (Å²) in [4.78, 5) is 23.3. The number of rotatable bonds is 6. The van der Waals surface area contributed by atoms with Crippen LogP contribution in [0.1, 0.15) is 32.4 Å². The lowest BCUT2D eigenvalue weighted by atomic mass is 10.3. The van der Waals surface area contributed by atoms with Gasteiger partial charge in [0.2, 0.25) is 5.91 Å². The van der Waals surface area contributed by atoms with E-state index >= 15 is 0 Å². The Morgan fingerprint density at radius 3 is 3.00 bits per heavy atom. The molecule has 1 fully saturated rings. The minimum absolute atomic E-state index is 0.0571. The smallest absolute Gasteiger partial charge is 0.227 e. The zero-order valence-corrected chi connectivity index (χ0v) is 16.2. The lowest BCUT2D eigenvalue weighted by molar-refractivity contribution is -0.116. The number of aliphatic imine (C=N–C) groups is 1. The molecule has 1 aliphatic rings. The molecule has 2 rings (SSSR count). The molecule has 1 aliphatic heterocycles. The van der Waals surface area contributed by atoms with Crippen LogP contribution in [0.5, 0.6) is 0 Å². The molecule has 1 amide bonds. The molecule has 0 aliphatic carbocycles. The van der Waals surface area contributed by atoms with Gasteiger partial charge in [0.05, 0.1) is 6.54 Å². The summed E-state index contributed by atoms with van der Waals surface area (Å²) in [6.07, 6.45) is 1.52. The van der Waals surface area contributed by atoms with Crippen molar-refractivity contribution in [1.82, 2.24) is 15.2 Å². The molecule has 1 atom stereocenters. The Balaban J connectivity index is 1.86. The van der Waals surface area contributed by atoms with Crippen molar-refractivity contribution in [3.05, 3.63) is 23.9 Å². The van der Waals surface area contributed by atoms with Crippen LogP contribution < -0.4 is 10.6 Å². The number of nitrogens with zero attached hydrogens (tertiary/aromatic N) is 3. The molecule has 1 aromatic heterocycles. The van der Waals surface area contributed by atoms with Crippen LogP contribution in [0.2, 0.25) is 0 Å². The summed E-state index contributed by atoms with van der Waals surface area (Å²) in [5.74, 6) is 2.59. The lowest BCUT2D eigenvalue weighted by Crippen LogP contribution is -2.48. The molecule has 0 bridgehead atoms. The lowest BCUT2D eigenvalue weighted by Gasteiger charge is -2.34. The summed E-state index contributed by atoms with van der Waals surface area (Å²) in [6.45, 7) is 9.54. The number of hydrogen-bond acceptors (Lipinski definition) is 4. The van der Waals surface area contributed by atoms with E-state index < -0.39 is 0 Å². The first-order valence-electron chi connectivity index (χ1n) is 9.00. The summed E-state index contributed by atoms with van der Waals surface area (Å²) in [5.41, 5.74) is 0.888. The topological polar surface area (TPSA) is 69.6 Å². The Labute approximate surface area is 154 Å². The zero-order chi connectivity index (χ0) is 18.1. The molecule has 138 valence electrons. The Bertz CT molecular complexity index is 593. The quantitative estimate of drug-likeness (QED) is 0.600. The number of carbonyl (C=O) groups excluding carboxylic acids is 1. The standard InChI is InChI=1S/C18H29N5OS/c1-4-15-13-23(11-12-25-15)18(19-5-2)20-10-9-17(24)22-16-8-6-7-14(3)21-16/h6-8,15H,4-5,9-13H2,1-3H3,(H,19,20)(H,21,22,24). The zero-order valence-electron chi connectivity index (χ0n) is 15.4. The second-order valence-electron chi connectivity index (χ2n) is 6.05. The Kier molecular flexibility index (Phi) is 8.04. The molecule has 0 saturated carbocycles. The number of carbonyl (C=O) groups is 1. The molecule has 1 unspecified atom stereocenters. The molecule has 25 heavy (non-hydrogen) atoms. The fourth-order valence-corrected chi connectivity index (χ4v) is 3.85. The van der Waals surface area contributed by atoms with Gasteiger partial charge in [0.25, 0.3) is 0 Å². The fourth-order valence-electron chi connectivity index (χ4n) is 2.67. The first-order chi connectivity index (χ1) is 12.1. The Morgan fingerprint density at radius 1 is 1.44 bits per heavy atom. The Hall–Kier alpha value is -1.76. The minimum Gasteiger partial charge on any atom is -0.357 e. The van der Waals surface area contributed by atoms with Crippen molar-refractivity contribution in [1.29, 1.82) is 0 Å². The van der Waals surface area contributed by atoms with Crippen LogP contribution in [0, 0.1) is 6.92 Å². The van der Waals surface area contributed by atoms with Gasteiger partial charge in [0.15, 0.2) is 5.96 Å². The molecule has 2 heterocycles. The molecule has 7 heteroatoms. The van der Waals surface area contributed by atoms with Crippen LogP contribution in [-0.2, 0) is 4.79 Å². The van der Waals surface area contributed by atoms with Crippen LogP contribution >= 0.6 is 11.8 Å². The highest BCUT2D eigenvalue weighted by Gasteiger charge is 2.21. The van der Waals surface area contributed by atoms with Crippen molar-refractivity contribution < 1.29 is 4.79 Å². The average molecular weight is 364 g/mol. The van der Waals surface area contributed by atoms with Gasteiger partial charge in [-0.2, -0.15) is 11.8 Å². The third-order valence-electron chi connectivity index (χ3n) is 3.98. The van der Waals surface area contributed by atoms with Crippen molar-refractivity contribution >= 4 is 29.4 Å². The SMILES string of the molecule is CCNC(=NCCC(=O)Nc1cccc(C)n1)N1CCSC(CC)C1. The van der Waals surface area contributed by atoms with E-state index in [4.69, 9.17) is 0 Å². The number of amides is 1. The van der Waals surface area contributed by atoms with Gasteiger partial charge < -0.3 is 15.5 Å². The molecule has 0 spiro atoms. The number of anilines is 1. The largest absolute Gasteiger partial charge is 0.357 e. The summed E-state index contributed by atoms with van der Waals surface area (Å²) in [5, 5.41) is 6.84. The highest BCUT2D eigenvalue weighted by atomic mass is 32.2. The van der Waals surface area contributed by atoms with Gasteiger partial charge in [0.1, 0.15) is 5.82 Å². The second kappa shape index (κ2) is 10.3. The summed E-state index contributed by atoms with van der Waals surface area (Å²) < 4.78 is 0. The van der Waals surface area contributed by atoms with Crippen molar-refractivity contribution in [2.75, 3.05) is 37.2 Å². The molecule has 6 nitrogen and oxygen atoms in total. The van der Waals surface area contributed by atoms with E-state index in [-0.39, 0.29) is 5.91 Å². The van der Waals surface area contributed by atoms with Crippen LogP contribution in [0.3, 0.4) is 0 Å². The first-order valence-corrected chi connectivity index (χ1v) is 10.1. The predicted octanol–water partition coefficient (Wildman–Crippen LogP) is 2.51. The molecule has 1 saturated heterocycles. The van der Waals surface area contributed by atoms with Gasteiger partial charge in [-0.3, -0.25) is 9.79 Å². The molecule has 0 radical (unpaired) electrons. The van der Waals surface area contributed by atoms with E-state index in [1.54, 1.807) is 6.07 Å². The molecular formula is C18H29N5OS. The maximum absolute atomic E-state index is 12.1. The van der Waals surface area contributed by atoms with Gasteiger partial charge in [-0.1, -0.05) is 13.0 Å². The summed E-state index contributed by atoms with van der Waals surface area (Å²) >= 11 is 2.04. The number of hydrogen-bond donors (Lipinski definition) is 2. The third kappa shape index (κ3) is 6.57. The summed E-state index contributed by atoms with van der Waals surface area (Å²) in [6, 6.07) is 5.59. The normalized spacial score (nSPS) is 18.1. The van der Waals surface area contributed by atoms with E-state index in [9.17, 15) is 4.79 Å². The van der Waals surface area contributed by atoms with Crippen molar-refractivity contribution in [3.63, 3.8) is 0 Å². The maximum atomic E-state index is 12.1.